The molecule has 0 saturated heterocycles. The Hall–Kier alpha value is -0.830. The van der Waals surface area contributed by atoms with Gasteiger partial charge >= 0.3 is 0 Å². The summed E-state index contributed by atoms with van der Waals surface area (Å²) >= 11 is 0. The summed E-state index contributed by atoms with van der Waals surface area (Å²) in [5.74, 6) is 0.848. The summed E-state index contributed by atoms with van der Waals surface area (Å²) in [4.78, 5) is 6.89. The van der Waals surface area contributed by atoms with Gasteiger partial charge < -0.3 is 15.5 Å². The maximum atomic E-state index is 4.72. The molecule has 0 bridgehead atoms. The van der Waals surface area contributed by atoms with E-state index in [0.29, 0.717) is 6.54 Å². The lowest BCUT2D eigenvalue weighted by atomic mass is 10.1. The second-order valence-electron chi connectivity index (χ2n) is 6.52. The monoisotopic (exact) mass is 422 g/mol. The minimum atomic E-state index is -0.0110. The van der Waals surface area contributed by atoms with E-state index >= 15 is 0 Å². The van der Waals surface area contributed by atoms with Crippen LogP contribution in [0, 0.1) is 0 Å². The summed E-state index contributed by atoms with van der Waals surface area (Å²) in [5.41, 5.74) is 1.17. The Balaban J connectivity index is 0.00000441. The normalized spacial score (nSPS) is 13.7. The zero-order chi connectivity index (χ0) is 16.0. The molecule has 1 rings (SSSR count). The highest BCUT2D eigenvalue weighted by Crippen LogP contribution is 2.17. The van der Waals surface area contributed by atoms with Crippen LogP contribution >= 0.6 is 24.0 Å². The molecule has 0 aliphatic rings. The molecule has 0 saturated carbocycles. The van der Waals surface area contributed by atoms with Crippen molar-refractivity contribution in [3.8, 4) is 0 Å². The van der Waals surface area contributed by atoms with Crippen LogP contribution < -0.4 is 10.6 Å². The number of aryl methyl sites for hydroxylation is 1. The van der Waals surface area contributed by atoms with Crippen LogP contribution in [0.25, 0.3) is 0 Å². The van der Waals surface area contributed by atoms with Crippen molar-refractivity contribution in [2.45, 2.75) is 39.3 Å². The van der Waals surface area contributed by atoms with Gasteiger partial charge in [0.2, 0.25) is 0 Å². The molecular weight excluding hydrogens is 391 g/mol. The fourth-order valence-corrected chi connectivity index (χ4v) is 2.02. The molecule has 1 atom stereocenters. The Morgan fingerprint density at radius 2 is 2.05 bits per heavy atom. The van der Waals surface area contributed by atoms with E-state index in [2.05, 4.69) is 62.4 Å². The van der Waals surface area contributed by atoms with E-state index in [4.69, 9.17) is 4.99 Å². The number of hydrogen-bond donors (Lipinski definition) is 2. The Labute approximate surface area is 151 Å². The van der Waals surface area contributed by atoms with E-state index in [1.54, 1.807) is 0 Å². The minimum absolute atomic E-state index is 0. The van der Waals surface area contributed by atoms with E-state index in [9.17, 15) is 0 Å². The van der Waals surface area contributed by atoms with Crippen molar-refractivity contribution < 1.29 is 0 Å². The topological polar surface area (TPSA) is 57.5 Å². The van der Waals surface area contributed by atoms with Gasteiger partial charge in [-0.05, 0) is 41.8 Å². The highest BCUT2D eigenvalue weighted by atomic mass is 127. The Bertz CT molecular complexity index is 461. The Morgan fingerprint density at radius 1 is 1.41 bits per heavy atom. The van der Waals surface area contributed by atoms with Crippen molar-refractivity contribution in [3.05, 3.63) is 18.0 Å². The number of rotatable bonds is 5. The van der Waals surface area contributed by atoms with Gasteiger partial charge in [0.25, 0.3) is 0 Å². The number of likely N-dealkylation sites (N-methyl/N-ethyl adjacent to an activating group) is 1. The summed E-state index contributed by atoms with van der Waals surface area (Å²) in [6, 6.07) is 0.217. The van der Waals surface area contributed by atoms with Gasteiger partial charge in [-0.25, -0.2) is 0 Å². The zero-order valence-corrected chi connectivity index (χ0v) is 17.2. The zero-order valence-electron chi connectivity index (χ0n) is 14.8. The third kappa shape index (κ3) is 7.44. The predicted octanol–water partition coefficient (Wildman–Crippen LogP) is 1.99. The number of nitrogens with zero attached hydrogens (tertiary/aromatic N) is 4. The molecule has 2 N–H and O–H groups in total. The molecular formula is C15H31IN6. The van der Waals surface area contributed by atoms with Crippen LogP contribution in [0.2, 0.25) is 0 Å². The van der Waals surface area contributed by atoms with Crippen molar-refractivity contribution in [2.24, 2.45) is 12.0 Å². The van der Waals surface area contributed by atoms with Gasteiger partial charge in [-0.15, -0.1) is 24.0 Å². The molecule has 0 aliphatic carbocycles. The van der Waals surface area contributed by atoms with Crippen molar-refractivity contribution in [1.82, 2.24) is 25.3 Å². The second-order valence-corrected chi connectivity index (χ2v) is 6.52. The highest BCUT2D eigenvalue weighted by molar-refractivity contribution is 14.0. The number of guanidine groups is 1. The molecule has 1 heterocycles. The molecule has 0 aromatic carbocycles. The largest absolute Gasteiger partial charge is 0.357 e. The number of halogens is 1. The molecule has 0 spiro atoms. The molecule has 1 unspecified atom stereocenters. The lowest BCUT2D eigenvalue weighted by molar-refractivity contribution is 0.306. The number of hydrogen-bond acceptors (Lipinski definition) is 3. The first-order chi connectivity index (χ1) is 9.73. The summed E-state index contributed by atoms with van der Waals surface area (Å²) < 4.78 is 1.83. The van der Waals surface area contributed by atoms with Crippen LogP contribution in [0.3, 0.4) is 0 Å². The predicted molar refractivity (Wildman–Crippen MR) is 104 cm³/mol. The molecule has 0 radical (unpaired) electrons. The van der Waals surface area contributed by atoms with Crippen molar-refractivity contribution in [3.63, 3.8) is 0 Å². The van der Waals surface area contributed by atoms with Gasteiger partial charge in [0, 0.05) is 30.9 Å². The van der Waals surface area contributed by atoms with Crippen molar-refractivity contribution >= 4 is 29.9 Å². The SMILES string of the molecule is CCNC(=NCC(c1cnn(C)c1)N(C)C)NC(C)(C)C.I. The molecule has 128 valence electrons. The Kier molecular flexibility index (Phi) is 8.99. The molecule has 0 fully saturated rings. The van der Waals surface area contributed by atoms with Gasteiger partial charge in [0.1, 0.15) is 0 Å². The second kappa shape index (κ2) is 9.34. The number of nitrogens with one attached hydrogen (secondary N) is 2. The fraction of sp³-hybridized carbons (Fsp3) is 0.733. The van der Waals surface area contributed by atoms with Crippen LogP contribution in [-0.4, -0.2) is 53.4 Å². The van der Waals surface area contributed by atoms with E-state index in [0.717, 1.165) is 12.5 Å². The van der Waals surface area contributed by atoms with Gasteiger partial charge in [-0.3, -0.25) is 9.67 Å². The molecule has 0 aliphatic heterocycles. The lowest BCUT2D eigenvalue weighted by Crippen LogP contribution is -2.47. The minimum Gasteiger partial charge on any atom is -0.357 e. The van der Waals surface area contributed by atoms with Gasteiger partial charge in [0.05, 0.1) is 18.8 Å². The quantitative estimate of drug-likeness (QED) is 0.433. The smallest absolute Gasteiger partial charge is 0.191 e. The summed E-state index contributed by atoms with van der Waals surface area (Å²) in [7, 11) is 6.07. The lowest BCUT2D eigenvalue weighted by Gasteiger charge is -2.25. The van der Waals surface area contributed by atoms with Crippen molar-refractivity contribution in [2.75, 3.05) is 27.2 Å². The Morgan fingerprint density at radius 3 is 2.45 bits per heavy atom. The first-order valence-corrected chi connectivity index (χ1v) is 7.44. The molecule has 0 amide bonds. The van der Waals surface area contributed by atoms with Crippen LogP contribution in [0.5, 0.6) is 0 Å². The number of aliphatic imine (C=N–C) groups is 1. The maximum absolute atomic E-state index is 4.72. The summed E-state index contributed by atoms with van der Waals surface area (Å²) in [6.45, 7) is 10.00. The average Bonchev–Trinajstić information content (AvgIpc) is 2.73. The number of aromatic nitrogens is 2. The third-order valence-corrected chi connectivity index (χ3v) is 2.99. The van der Waals surface area contributed by atoms with E-state index in [-0.39, 0.29) is 35.6 Å². The standard InChI is InChI=1S/C15H30N6.HI/c1-8-16-14(19-15(2,3)4)17-10-13(20(5)6)12-9-18-21(7)11-12;/h9,11,13H,8,10H2,1-7H3,(H2,16,17,19);1H. The van der Waals surface area contributed by atoms with Crippen LogP contribution in [0.1, 0.15) is 39.3 Å². The molecule has 1 aromatic rings. The van der Waals surface area contributed by atoms with Crippen molar-refractivity contribution in [1.29, 1.82) is 0 Å². The van der Waals surface area contributed by atoms with Gasteiger partial charge in [-0.1, -0.05) is 0 Å². The van der Waals surface area contributed by atoms with Gasteiger partial charge in [-0.2, -0.15) is 5.10 Å². The third-order valence-electron chi connectivity index (χ3n) is 2.99. The van der Waals surface area contributed by atoms with Crippen LogP contribution in [0.4, 0.5) is 0 Å². The highest BCUT2D eigenvalue weighted by Gasteiger charge is 2.17. The van der Waals surface area contributed by atoms with E-state index < -0.39 is 0 Å². The molecule has 22 heavy (non-hydrogen) atoms. The van der Waals surface area contributed by atoms with Crippen LogP contribution in [-0.2, 0) is 7.05 Å². The van der Waals surface area contributed by atoms with Crippen LogP contribution in [0.15, 0.2) is 17.4 Å². The first-order valence-electron chi connectivity index (χ1n) is 7.44. The maximum Gasteiger partial charge on any atom is 0.191 e. The molecule has 7 heteroatoms. The first kappa shape index (κ1) is 21.2. The van der Waals surface area contributed by atoms with Gasteiger partial charge in [0.15, 0.2) is 5.96 Å². The fourth-order valence-electron chi connectivity index (χ4n) is 2.02. The molecule has 1 aromatic heterocycles. The summed E-state index contributed by atoms with van der Waals surface area (Å²) in [5, 5.41) is 11.0. The summed E-state index contributed by atoms with van der Waals surface area (Å²) in [6.07, 6.45) is 3.95. The molecule has 6 nitrogen and oxygen atoms in total. The van der Waals surface area contributed by atoms with E-state index in [1.807, 2.05) is 24.1 Å². The van der Waals surface area contributed by atoms with E-state index in [1.165, 1.54) is 5.56 Å². The average molecular weight is 422 g/mol.